The van der Waals surface area contributed by atoms with Crippen LogP contribution in [-0.2, 0) is 9.63 Å². The van der Waals surface area contributed by atoms with Crippen LogP contribution < -0.4 is 5.48 Å². The van der Waals surface area contributed by atoms with Crippen LogP contribution in [0.2, 0.25) is 0 Å². The molecule has 0 bridgehead atoms. The lowest BCUT2D eigenvalue weighted by Gasteiger charge is -2.14. The number of nitro benzene ring substituents is 4. The third-order valence-electron chi connectivity index (χ3n) is 4.35. The molecule has 1 aliphatic rings. The number of aliphatic carboxylic acids is 1. The number of hydrogen-bond acceptors (Lipinski definition) is 11. The van der Waals surface area contributed by atoms with Gasteiger partial charge in [0.1, 0.15) is 0 Å². The van der Waals surface area contributed by atoms with Crippen molar-refractivity contribution in [3.8, 4) is 11.1 Å². The summed E-state index contributed by atoms with van der Waals surface area (Å²) in [5.74, 6) is -1.42. The Labute approximate surface area is 169 Å². The summed E-state index contributed by atoms with van der Waals surface area (Å²) in [6.45, 7) is -0.908. The largest absolute Gasteiger partial charge is 0.479 e. The summed E-state index contributed by atoms with van der Waals surface area (Å²) < 4.78 is 0. The number of rotatable bonds is 8. The van der Waals surface area contributed by atoms with Crippen molar-refractivity contribution < 1.29 is 34.4 Å². The van der Waals surface area contributed by atoms with Gasteiger partial charge in [-0.05, 0) is 11.1 Å². The molecule has 2 N–H and O–H groups in total. The van der Waals surface area contributed by atoms with Gasteiger partial charge in [0.2, 0.25) is 0 Å². The minimum absolute atomic E-state index is 0.218. The molecular formula is C15H9N5O11. The summed E-state index contributed by atoms with van der Waals surface area (Å²) in [6.07, 6.45) is 0. The number of carboxylic acids is 1. The summed E-state index contributed by atoms with van der Waals surface area (Å²) in [5.41, 5.74) is -2.09. The first-order valence-electron chi connectivity index (χ1n) is 8.05. The molecule has 16 nitrogen and oxygen atoms in total. The molecular weight excluding hydrogens is 426 g/mol. The lowest BCUT2D eigenvalue weighted by atomic mass is 10.0. The Hall–Kier alpha value is -4.57. The van der Waals surface area contributed by atoms with Crippen molar-refractivity contribution in [1.82, 2.24) is 5.48 Å². The molecule has 0 fully saturated rings. The van der Waals surface area contributed by atoms with E-state index < -0.39 is 61.1 Å². The van der Waals surface area contributed by atoms with Crippen molar-refractivity contribution >= 4 is 28.7 Å². The van der Waals surface area contributed by atoms with E-state index in [2.05, 4.69) is 5.48 Å². The van der Waals surface area contributed by atoms with E-state index in [1.165, 1.54) is 0 Å². The molecule has 2 aromatic carbocycles. The first kappa shape index (κ1) is 21.1. The zero-order valence-corrected chi connectivity index (χ0v) is 14.9. The number of carbonyl (C=O) groups is 1. The SMILES string of the molecule is O=C(O)CONC1c2cc([N+](=O)[O-])cc([N+](=O)[O-])c2-c2c1cc([N+](=O)[O-])cc2[N+](=O)[O-]. The summed E-state index contributed by atoms with van der Waals surface area (Å²) >= 11 is 0. The second kappa shape index (κ2) is 7.69. The van der Waals surface area contributed by atoms with Crippen LogP contribution in [0.25, 0.3) is 11.1 Å². The number of benzene rings is 2. The van der Waals surface area contributed by atoms with Crippen molar-refractivity contribution in [2.75, 3.05) is 6.61 Å². The Bertz CT molecular complexity index is 1100. The van der Waals surface area contributed by atoms with Crippen molar-refractivity contribution in [2.45, 2.75) is 6.04 Å². The fourth-order valence-corrected chi connectivity index (χ4v) is 3.25. The first-order valence-corrected chi connectivity index (χ1v) is 8.05. The molecule has 0 atom stereocenters. The molecule has 0 unspecified atom stereocenters. The van der Waals surface area contributed by atoms with Crippen LogP contribution in [0, 0.1) is 40.5 Å². The fourth-order valence-electron chi connectivity index (χ4n) is 3.25. The van der Waals surface area contributed by atoms with E-state index in [1.807, 2.05) is 0 Å². The molecule has 0 saturated heterocycles. The number of nitrogens with one attached hydrogen (secondary N) is 1. The van der Waals surface area contributed by atoms with Gasteiger partial charge in [-0.1, -0.05) is 0 Å². The van der Waals surface area contributed by atoms with Crippen molar-refractivity contribution in [3.63, 3.8) is 0 Å². The minimum atomic E-state index is -1.42. The molecule has 3 rings (SSSR count). The number of hydrogen-bond donors (Lipinski definition) is 2. The highest BCUT2D eigenvalue weighted by molar-refractivity contribution is 5.92. The number of fused-ring (bicyclic) bond motifs is 3. The van der Waals surface area contributed by atoms with Gasteiger partial charge in [0.15, 0.2) is 6.61 Å². The predicted molar refractivity (Wildman–Crippen MR) is 97.1 cm³/mol. The molecule has 2 aromatic rings. The maximum Gasteiger partial charge on any atom is 0.331 e. The predicted octanol–water partition coefficient (Wildman–Crippen LogP) is 1.99. The first-order chi connectivity index (χ1) is 14.5. The Kier molecular flexibility index (Phi) is 5.24. The van der Waals surface area contributed by atoms with Gasteiger partial charge in [-0.2, -0.15) is 5.48 Å². The molecule has 0 saturated carbocycles. The van der Waals surface area contributed by atoms with Gasteiger partial charge in [0, 0.05) is 12.1 Å². The second-order valence-corrected chi connectivity index (χ2v) is 6.12. The third-order valence-corrected chi connectivity index (χ3v) is 4.35. The van der Waals surface area contributed by atoms with E-state index in [0.717, 1.165) is 12.1 Å². The second-order valence-electron chi connectivity index (χ2n) is 6.12. The third kappa shape index (κ3) is 3.70. The van der Waals surface area contributed by atoms with E-state index in [4.69, 9.17) is 9.94 Å². The maximum absolute atomic E-state index is 11.6. The molecule has 31 heavy (non-hydrogen) atoms. The van der Waals surface area contributed by atoms with Crippen LogP contribution in [0.5, 0.6) is 0 Å². The van der Waals surface area contributed by atoms with Crippen LogP contribution in [0.1, 0.15) is 17.2 Å². The molecule has 0 aliphatic heterocycles. The van der Waals surface area contributed by atoms with Gasteiger partial charge in [0.25, 0.3) is 22.7 Å². The molecule has 0 radical (unpaired) electrons. The molecule has 0 aromatic heterocycles. The Morgan fingerprint density at radius 2 is 1.26 bits per heavy atom. The highest BCUT2D eigenvalue weighted by atomic mass is 16.7. The number of hydroxylamine groups is 1. The summed E-state index contributed by atoms with van der Waals surface area (Å²) in [5, 5.41) is 54.4. The average molecular weight is 435 g/mol. The van der Waals surface area contributed by atoms with Crippen LogP contribution >= 0.6 is 0 Å². The normalized spacial score (nSPS) is 12.1. The fraction of sp³-hybridized carbons (Fsp3) is 0.133. The number of non-ortho nitro benzene ring substituents is 2. The topological polar surface area (TPSA) is 231 Å². The molecule has 1 aliphatic carbocycles. The van der Waals surface area contributed by atoms with Gasteiger partial charge in [0.05, 0.1) is 49.0 Å². The highest BCUT2D eigenvalue weighted by Crippen LogP contribution is 2.53. The van der Waals surface area contributed by atoms with Crippen molar-refractivity contribution in [1.29, 1.82) is 0 Å². The van der Waals surface area contributed by atoms with Crippen molar-refractivity contribution in [2.24, 2.45) is 0 Å². The van der Waals surface area contributed by atoms with Gasteiger partial charge < -0.3 is 5.11 Å². The number of nitrogens with zero attached hydrogens (tertiary/aromatic N) is 4. The lowest BCUT2D eigenvalue weighted by Crippen LogP contribution is -2.24. The van der Waals surface area contributed by atoms with E-state index in [-0.39, 0.29) is 22.3 Å². The van der Waals surface area contributed by atoms with Crippen LogP contribution in [0.4, 0.5) is 22.7 Å². The van der Waals surface area contributed by atoms with Gasteiger partial charge in [-0.25, -0.2) is 4.79 Å². The standard InChI is InChI=1S/C15H9N5O11/c21-12(22)5-31-16-15-8-1-6(17(23)24)3-10(19(27)28)13(8)14-9(15)2-7(18(25)26)4-11(14)20(29)30/h1-4,15-16H,5H2,(H,21,22). The molecule has 16 heteroatoms. The van der Waals surface area contributed by atoms with Gasteiger partial charge in [-0.15, -0.1) is 0 Å². The molecule has 0 amide bonds. The van der Waals surface area contributed by atoms with Crippen molar-refractivity contribution in [3.05, 3.63) is 75.8 Å². The van der Waals surface area contributed by atoms with E-state index in [0.29, 0.717) is 12.1 Å². The van der Waals surface area contributed by atoms with Crippen LogP contribution in [0.3, 0.4) is 0 Å². The molecule has 0 heterocycles. The Balaban J connectivity index is 2.37. The maximum atomic E-state index is 11.6. The van der Waals surface area contributed by atoms with E-state index >= 15 is 0 Å². The molecule has 0 spiro atoms. The monoisotopic (exact) mass is 435 g/mol. The average Bonchev–Trinajstić information content (AvgIpc) is 2.99. The van der Waals surface area contributed by atoms with Gasteiger partial charge in [-0.3, -0.25) is 45.3 Å². The lowest BCUT2D eigenvalue weighted by molar-refractivity contribution is -0.395. The Morgan fingerprint density at radius 3 is 1.58 bits per heavy atom. The molecule has 160 valence electrons. The zero-order valence-electron chi connectivity index (χ0n) is 14.9. The Morgan fingerprint density at radius 1 is 0.839 bits per heavy atom. The quantitative estimate of drug-likeness (QED) is 0.447. The summed E-state index contributed by atoms with van der Waals surface area (Å²) in [4.78, 5) is 57.3. The highest BCUT2D eigenvalue weighted by Gasteiger charge is 2.43. The van der Waals surface area contributed by atoms with Gasteiger partial charge >= 0.3 is 5.97 Å². The smallest absolute Gasteiger partial charge is 0.331 e. The minimum Gasteiger partial charge on any atom is -0.479 e. The summed E-state index contributed by atoms with van der Waals surface area (Å²) in [6, 6.07) is 1.59. The van der Waals surface area contributed by atoms with E-state index in [1.54, 1.807) is 0 Å². The van der Waals surface area contributed by atoms with E-state index in [9.17, 15) is 45.3 Å². The van der Waals surface area contributed by atoms with Crippen LogP contribution in [-0.4, -0.2) is 37.4 Å². The summed E-state index contributed by atoms with van der Waals surface area (Å²) in [7, 11) is 0. The number of carboxylic acid groups (broad SMARTS) is 1. The number of nitro groups is 4. The zero-order chi connectivity index (χ0) is 23.0. The van der Waals surface area contributed by atoms with Crippen LogP contribution in [0.15, 0.2) is 24.3 Å².